The molecule has 1 aromatic heterocycles. The van der Waals surface area contributed by atoms with Crippen molar-refractivity contribution in [2.45, 2.75) is 19.9 Å². The number of likely N-dealkylation sites (N-methyl/N-ethyl adjacent to an activating group) is 1. The SMILES string of the molecule is CCN1CCc2nc3ccccc3c(C(=O)Nc3ccc(Nc4ccccc4)cc3)c2C1. The quantitative estimate of drug-likeness (QED) is 0.439. The van der Waals surface area contributed by atoms with Gasteiger partial charge in [-0.25, -0.2) is 0 Å². The molecular formula is C27H26N4O. The Morgan fingerprint density at radius 3 is 2.38 bits per heavy atom. The first-order chi connectivity index (χ1) is 15.7. The van der Waals surface area contributed by atoms with Gasteiger partial charge in [0.05, 0.1) is 11.1 Å². The molecule has 0 saturated heterocycles. The maximum absolute atomic E-state index is 13.5. The molecule has 0 aliphatic carbocycles. The number of nitrogens with one attached hydrogen (secondary N) is 2. The smallest absolute Gasteiger partial charge is 0.256 e. The number of aromatic nitrogens is 1. The molecule has 4 aromatic rings. The number of hydrogen-bond donors (Lipinski definition) is 2. The van der Waals surface area contributed by atoms with Crippen molar-refractivity contribution in [1.29, 1.82) is 0 Å². The van der Waals surface area contributed by atoms with Crippen molar-refractivity contribution in [3.8, 4) is 0 Å². The Morgan fingerprint density at radius 1 is 0.906 bits per heavy atom. The second kappa shape index (κ2) is 8.81. The number of anilines is 3. The van der Waals surface area contributed by atoms with Gasteiger partial charge in [0, 0.05) is 53.2 Å². The summed E-state index contributed by atoms with van der Waals surface area (Å²) in [7, 11) is 0. The van der Waals surface area contributed by atoms with E-state index in [9.17, 15) is 4.79 Å². The molecule has 0 atom stereocenters. The Labute approximate surface area is 188 Å². The molecule has 0 unspecified atom stereocenters. The predicted molar refractivity (Wildman–Crippen MR) is 131 cm³/mol. The number of hydrogen-bond acceptors (Lipinski definition) is 4. The van der Waals surface area contributed by atoms with E-state index in [1.54, 1.807) is 0 Å². The molecule has 0 spiro atoms. The van der Waals surface area contributed by atoms with Crippen LogP contribution in [0.2, 0.25) is 0 Å². The lowest BCUT2D eigenvalue weighted by atomic mass is 9.95. The van der Waals surface area contributed by atoms with Gasteiger partial charge in [0.2, 0.25) is 0 Å². The fraction of sp³-hybridized carbons (Fsp3) is 0.185. The third-order valence-electron chi connectivity index (χ3n) is 6.00. The summed E-state index contributed by atoms with van der Waals surface area (Å²) in [6.07, 6.45) is 0.869. The van der Waals surface area contributed by atoms with E-state index in [0.717, 1.165) is 70.8 Å². The van der Waals surface area contributed by atoms with E-state index in [2.05, 4.69) is 22.5 Å². The second-order valence-corrected chi connectivity index (χ2v) is 8.07. The molecule has 32 heavy (non-hydrogen) atoms. The largest absolute Gasteiger partial charge is 0.356 e. The topological polar surface area (TPSA) is 57.3 Å². The number of carbonyl (C=O) groups excluding carboxylic acids is 1. The number of amides is 1. The van der Waals surface area contributed by atoms with Crippen LogP contribution in [-0.2, 0) is 13.0 Å². The van der Waals surface area contributed by atoms with Crippen LogP contribution in [0.3, 0.4) is 0 Å². The maximum atomic E-state index is 13.5. The summed E-state index contributed by atoms with van der Waals surface area (Å²) >= 11 is 0. The molecule has 0 bridgehead atoms. The highest BCUT2D eigenvalue weighted by atomic mass is 16.1. The van der Waals surface area contributed by atoms with Crippen LogP contribution in [-0.4, -0.2) is 28.9 Å². The standard InChI is InChI=1S/C27H26N4O/c1-2-31-17-16-25-23(18-31)26(22-10-6-7-11-24(22)30-25)27(32)29-21-14-12-20(13-15-21)28-19-8-4-3-5-9-19/h3-15,28H,2,16-18H2,1H3,(H,29,32). The third kappa shape index (κ3) is 4.07. The normalized spacial score (nSPS) is 13.5. The minimum absolute atomic E-state index is 0.0819. The van der Waals surface area contributed by atoms with Crippen molar-refractivity contribution in [3.05, 3.63) is 95.7 Å². The fourth-order valence-electron chi connectivity index (χ4n) is 4.29. The Balaban J connectivity index is 1.43. The first-order valence-electron chi connectivity index (χ1n) is 11.1. The van der Waals surface area contributed by atoms with Gasteiger partial charge in [0.1, 0.15) is 0 Å². The molecule has 2 N–H and O–H groups in total. The van der Waals surface area contributed by atoms with E-state index in [0.29, 0.717) is 0 Å². The molecule has 5 nitrogen and oxygen atoms in total. The molecule has 160 valence electrons. The summed E-state index contributed by atoms with van der Waals surface area (Å²) in [4.78, 5) is 20.7. The Morgan fingerprint density at radius 2 is 1.59 bits per heavy atom. The summed E-state index contributed by atoms with van der Waals surface area (Å²) < 4.78 is 0. The lowest BCUT2D eigenvalue weighted by molar-refractivity contribution is 0.102. The van der Waals surface area contributed by atoms with E-state index >= 15 is 0 Å². The fourth-order valence-corrected chi connectivity index (χ4v) is 4.29. The van der Waals surface area contributed by atoms with Crippen LogP contribution < -0.4 is 10.6 Å². The van der Waals surface area contributed by atoms with Crippen molar-refractivity contribution in [2.75, 3.05) is 23.7 Å². The number of pyridine rings is 1. The van der Waals surface area contributed by atoms with Gasteiger partial charge in [0.15, 0.2) is 0 Å². The minimum Gasteiger partial charge on any atom is -0.356 e. The van der Waals surface area contributed by atoms with Crippen LogP contribution >= 0.6 is 0 Å². The zero-order valence-corrected chi connectivity index (χ0v) is 18.1. The second-order valence-electron chi connectivity index (χ2n) is 8.07. The van der Waals surface area contributed by atoms with Gasteiger partial charge >= 0.3 is 0 Å². The average Bonchev–Trinajstić information content (AvgIpc) is 2.84. The Hall–Kier alpha value is -3.70. The zero-order valence-electron chi connectivity index (χ0n) is 18.1. The van der Waals surface area contributed by atoms with Crippen molar-refractivity contribution < 1.29 is 4.79 Å². The predicted octanol–water partition coefficient (Wildman–Crippen LogP) is 5.61. The first-order valence-corrected chi connectivity index (χ1v) is 11.1. The van der Waals surface area contributed by atoms with Crippen molar-refractivity contribution in [3.63, 3.8) is 0 Å². The molecular weight excluding hydrogens is 396 g/mol. The van der Waals surface area contributed by atoms with Crippen LogP contribution in [0.25, 0.3) is 10.9 Å². The Kier molecular flexibility index (Phi) is 5.57. The van der Waals surface area contributed by atoms with E-state index in [1.165, 1.54) is 0 Å². The van der Waals surface area contributed by atoms with E-state index in [4.69, 9.17) is 4.98 Å². The number of carbonyl (C=O) groups is 1. The van der Waals surface area contributed by atoms with Crippen LogP contribution in [0, 0.1) is 0 Å². The molecule has 0 fully saturated rings. The summed E-state index contributed by atoms with van der Waals surface area (Å²) in [6, 6.07) is 25.8. The number of nitrogens with zero attached hydrogens (tertiary/aromatic N) is 2. The first kappa shape index (κ1) is 20.2. The summed E-state index contributed by atoms with van der Waals surface area (Å²) in [5, 5.41) is 7.38. The lowest BCUT2D eigenvalue weighted by Crippen LogP contribution is -2.33. The van der Waals surface area contributed by atoms with Gasteiger partial charge in [-0.1, -0.05) is 43.3 Å². The van der Waals surface area contributed by atoms with E-state index in [1.807, 2.05) is 78.9 Å². The monoisotopic (exact) mass is 422 g/mol. The van der Waals surface area contributed by atoms with Crippen LogP contribution in [0.4, 0.5) is 17.1 Å². The van der Waals surface area contributed by atoms with Gasteiger partial charge in [-0.2, -0.15) is 0 Å². The van der Waals surface area contributed by atoms with Gasteiger partial charge in [-0.15, -0.1) is 0 Å². The van der Waals surface area contributed by atoms with E-state index < -0.39 is 0 Å². The molecule has 1 aliphatic rings. The summed E-state index contributed by atoms with van der Waals surface area (Å²) in [5.41, 5.74) is 6.49. The van der Waals surface area contributed by atoms with Crippen molar-refractivity contribution >= 4 is 33.9 Å². The van der Waals surface area contributed by atoms with E-state index in [-0.39, 0.29) is 5.91 Å². The lowest BCUT2D eigenvalue weighted by Gasteiger charge is -2.29. The van der Waals surface area contributed by atoms with Gasteiger partial charge in [-0.05, 0) is 49.0 Å². The summed E-state index contributed by atoms with van der Waals surface area (Å²) in [5.74, 6) is -0.0819. The number of fused-ring (bicyclic) bond motifs is 2. The third-order valence-corrected chi connectivity index (χ3v) is 6.00. The molecule has 2 heterocycles. The zero-order chi connectivity index (χ0) is 21.9. The van der Waals surface area contributed by atoms with Gasteiger partial charge in [-0.3, -0.25) is 14.7 Å². The maximum Gasteiger partial charge on any atom is 0.256 e. The minimum atomic E-state index is -0.0819. The number of rotatable bonds is 5. The van der Waals surface area contributed by atoms with Gasteiger partial charge in [0.25, 0.3) is 5.91 Å². The Bertz CT molecular complexity index is 1250. The van der Waals surface area contributed by atoms with Crippen molar-refractivity contribution in [2.24, 2.45) is 0 Å². The highest BCUT2D eigenvalue weighted by Crippen LogP contribution is 2.29. The molecule has 5 heteroatoms. The average molecular weight is 423 g/mol. The van der Waals surface area contributed by atoms with Crippen LogP contribution in [0.15, 0.2) is 78.9 Å². The molecule has 0 radical (unpaired) electrons. The molecule has 1 amide bonds. The van der Waals surface area contributed by atoms with Crippen LogP contribution in [0.5, 0.6) is 0 Å². The molecule has 0 saturated carbocycles. The van der Waals surface area contributed by atoms with Crippen molar-refractivity contribution in [1.82, 2.24) is 9.88 Å². The van der Waals surface area contributed by atoms with Crippen LogP contribution in [0.1, 0.15) is 28.5 Å². The number of para-hydroxylation sites is 2. The van der Waals surface area contributed by atoms with Gasteiger partial charge < -0.3 is 10.6 Å². The number of benzene rings is 3. The highest BCUT2D eigenvalue weighted by molar-refractivity contribution is 6.13. The highest BCUT2D eigenvalue weighted by Gasteiger charge is 2.25. The molecule has 3 aromatic carbocycles. The molecule has 5 rings (SSSR count). The summed E-state index contributed by atoms with van der Waals surface area (Å²) in [6.45, 7) is 4.85. The molecule has 1 aliphatic heterocycles.